The number of halogens is 1. The molecule has 3 N–H and O–H groups in total. The monoisotopic (exact) mass is 355 g/mol. The van der Waals surface area contributed by atoms with Gasteiger partial charge in [0.15, 0.2) is 0 Å². The Morgan fingerprint density at radius 3 is 2.25 bits per heavy atom. The standard InChI is InChI=1S/C17H25N3O3.ClH/c1-3-8-17(2,18)16(23)20-11-9-19(10-12-20)15(22)13-6-4-5-7-14(13)21;/h4-7,21H,3,8-12,18H2,1-2H3;1H. The number of hydrogen-bond donors (Lipinski definition) is 2. The molecule has 6 nitrogen and oxygen atoms in total. The molecule has 0 aromatic heterocycles. The molecule has 0 aliphatic carbocycles. The summed E-state index contributed by atoms with van der Waals surface area (Å²) in [4.78, 5) is 28.3. The van der Waals surface area contributed by atoms with Crippen LogP contribution in [0, 0.1) is 0 Å². The highest BCUT2D eigenvalue weighted by Crippen LogP contribution is 2.20. The molecular formula is C17H26ClN3O3. The van der Waals surface area contributed by atoms with E-state index in [1.165, 1.54) is 6.07 Å². The van der Waals surface area contributed by atoms with E-state index < -0.39 is 5.54 Å². The third-order valence-corrected chi connectivity index (χ3v) is 4.25. The van der Waals surface area contributed by atoms with E-state index >= 15 is 0 Å². The molecular weight excluding hydrogens is 330 g/mol. The molecule has 1 saturated heterocycles. The Hall–Kier alpha value is -1.79. The molecule has 0 bridgehead atoms. The molecule has 0 spiro atoms. The molecule has 7 heteroatoms. The number of aromatic hydroxyl groups is 1. The maximum Gasteiger partial charge on any atom is 0.257 e. The zero-order valence-corrected chi connectivity index (χ0v) is 15.0. The molecule has 1 atom stereocenters. The van der Waals surface area contributed by atoms with Crippen molar-refractivity contribution >= 4 is 24.2 Å². The summed E-state index contributed by atoms with van der Waals surface area (Å²) in [5.74, 6) is -0.290. The maximum atomic E-state index is 12.5. The number of phenolic OH excluding ortho intramolecular Hbond substituents is 1. The van der Waals surface area contributed by atoms with Crippen LogP contribution in [0.5, 0.6) is 5.75 Å². The summed E-state index contributed by atoms with van der Waals surface area (Å²) in [7, 11) is 0. The van der Waals surface area contributed by atoms with Gasteiger partial charge >= 0.3 is 0 Å². The van der Waals surface area contributed by atoms with Crippen molar-refractivity contribution in [1.82, 2.24) is 9.80 Å². The zero-order valence-electron chi connectivity index (χ0n) is 14.2. The Balaban J connectivity index is 0.00000288. The molecule has 1 aliphatic rings. The molecule has 1 unspecified atom stereocenters. The summed E-state index contributed by atoms with van der Waals surface area (Å²) in [6.07, 6.45) is 1.49. The van der Waals surface area contributed by atoms with Crippen LogP contribution in [0.25, 0.3) is 0 Å². The van der Waals surface area contributed by atoms with Crippen LogP contribution in [0.2, 0.25) is 0 Å². The second kappa shape index (κ2) is 8.35. The molecule has 1 aromatic rings. The highest BCUT2D eigenvalue weighted by Gasteiger charge is 2.34. The van der Waals surface area contributed by atoms with E-state index in [-0.39, 0.29) is 30.0 Å². The van der Waals surface area contributed by atoms with E-state index in [1.807, 2.05) is 6.92 Å². The third-order valence-electron chi connectivity index (χ3n) is 4.25. The van der Waals surface area contributed by atoms with E-state index in [0.717, 1.165) is 6.42 Å². The highest BCUT2D eigenvalue weighted by atomic mass is 35.5. The molecule has 1 heterocycles. The molecule has 1 aliphatic heterocycles. The van der Waals surface area contributed by atoms with Gasteiger partial charge in [0, 0.05) is 26.2 Å². The molecule has 0 saturated carbocycles. The van der Waals surface area contributed by atoms with Gasteiger partial charge in [-0.05, 0) is 25.5 Å². The van der Waals surface area contributed by atoms with Crippen LogP contribution in [-0.4, -0.2) is 58.4 Å². The Bertz CT molecular complexity index is 584. The number of amides is 2. The molecule has 24 heavy (non-hydrogen) atoms. The summed E-state index contributed by atoms with van der Waals surface area (Å²) in [6, 6.07) is 6.50. The van der Waals surface area contributed by atoms with Crippen molar-refractivity contribution in [2.45, 2.75) is 32.2 Å². The van der Waals surface area contributed by atoms with E-state index in [1.54, 1.807) is 34.9 Å². The number of hydrogen-bond acceptors (Lipinski definition) is 4. The second-order valence-corrected chi connectivity index (χ2v) is 6.27. The van der Waals surface area contributed by atoms with Gasteiger partial charge in [-0.15, -0.1) is 12.4 Å². The van der Waals surface area contributed by atoms with Gasteiger partial charge < -0.3 is 20.6 Å². The van der Waals surface area contributed by atoms with Crippen LogP contribution >= 0.6 is 12.4 Å². The van der Waals surface area contributed by atoms with Crippen molar-refractivity contribution in [1.29, 1.82) is 0 Å². The first kappa shape index (κ1) is 20.3. The summed E-state index contributed by atoms with van der Waals surface area (Å²) in [5.41, 5.74) is 5.55. The topological polar surface area (TPSA) is 86.9 Å². The first-order valence-corrected chi connectivity index (χ1v) is 8.02. The van der Waals surface area contributed by atoms with E-state index in [0.29, 0.717) is 38.2 Å². The first-order chi connectivity index (χ1) is 10.9. The lowest BCUT2D eigenvalue weighted by Gasteiger charge is -2.38. The van der Waals surface area contributed by atoms with Gasteiger partial charge in [0.25, 0.3) is 5.91 Å². The summed E-state index contributed by atoms with van der Waals surface area (Å²) >= 11 is 0. The lowest BCUT2D eigenvalue weighted by Crippen LogP contribution is -2.58. The molecule has 0 radical (unpaired) electrons. The van der Waals surface area contributed by atoms with Crippen molar-refractivity contribution in [3.63, 3.8) is 0 Å². The average molecular weight is 356 g/mol. The molecule has 134 valence electrons. The number of nitrogens with zero attached hydrogens (tertiary/aromatic N) is 2. The van der Waals surface area contributed by atoms with Gasteiger partial charge in [0.05, 0.1) is 11.1 Å². The third kappa shape index (κ3) is 4.39. The number of piperazine rings is 1. The number of nitrogens with two attached hydrogens (primary N) is 1. The fourth-order valence-electron chi connectivity index (χ4n) is 2.92. The number of carbonyl (C=O) groups is 2. The second-order valence-electron chi connectivity index (χ2n) is 6.27. The van der Waals surface area contributed by atoms with Gasteiger partial charge in [0.2, 0.25) is 5.91 Å². The largest absolute Gasteiger partial charge is 0.507 e. The van der Waals surface area contributed by atoms with E-state index in [4.69, 9.17) is 5.73 Å². The zero-order chi connectivity index (χ0) is 17.0. The minimum Gasteiger partial charge on any atom is -0.507 e. The molecule has 1 fully saturated rings. The Kier molecular flexibility index (Phi) is 7.05. The number of carbonyl (C=O) groups excluding carboxylic acids is 2. The highest BCUT2D eigenvalue weighted by molar-refractivity contribution is 5.97. The van der Waals surface area contributed by atoms with Crippen LogP contribution in [0.1, 0.15) is 37.0 Å². The summed E-state index contributed by atoms with van der Waals surface area (Å²) < 4.78 is 0. The van der Waals surface area contributed by atoms with Gasteiger partial charge in [-0.2, -0.15) is 0 Å². The quantitative estimate of drug-likeness (QED) is 0.859. The molecule has 2 amide bonds. The average Bonchev–Trinajstić information content (AvgIpc) is 2.54. The van der Waals surface area contributed by atoms with Crippen molar-refractivity contribution in [2.75, 3.05) is 26.2 Å². The van der Waals surface area contributed by atoms with Crippen LogP contribution in [-0.2, 0) is 4.79 Å². The predicted molar refractivity (Wildman–Crippen MR) is 95.3 cm³/mol. The van der Waals surface area contributed by atoms with Crippen molar-refractivity contribution in [3.8, 4) is 5.75 Å². The fourth-order valence-corrected chi connectivity index (χ4v) is 2.92. The van der Waals surface area contributed by atoms with E-state index in [9.17, 15) is 14.7 Å². The normalized spacial score (nSPS) is 17.0. The van der Waals surface area contributed by atoms with Crippen LogP contribution < -0.4 is 5.73 Å². The van der Waals surface area contributed by atoms with Crippen molar-refractivity contribution in [2.24, 2.45) is 5.73 Å². The smallest absolute Gasteiger partial charge is 0.257 e. The first-order valence-electron chi connectivity index (χ1n) is 8.02. The minimum atomic E-state index is -0.849. The molecule has 2 rings (SSSR count). The number of para-hydroxylation sites is 1. The number of benzene rings is 1. The fraction of sp³-hybridized carbons (Fsp3) is 0.529. The van der Waals surface area contributed by atoms with Crippen LogP contribution in [0.4, 0.5) is 0 Å². The SMILES string of the molecule is CCCC(C)(N)C(=O)N1CCN(C(=O)c2ccccc2O)CC1.Cl. The minimum absolute atomic E-state index is 0. The van der Waals surface area contributed by atoms with Crippen LogP contribution in [0.15, 0.2) is 24.3 Å². The number of rotatable bonds is 4. The number of phenols is 1. The van der Waals surface area contributed by atoms with Gasteiger partial charge in [0.1, 0.15) is 5.75 Å². The van der Waals surface area contributed by atoms with Crippen molar-refractivity contribution in [3.05, 3.63) is 29.8 Å². The van der Waals surface area contributed by atoms with Crippen LogP contribution in [0.3, 0.4) is 0 Å². The Labute approximate surface area is 149 Å². The summed E-state index contributed by atoms with van der Waals surface area (Å²) in [5, 5.41) is 9.79. The lowest BCUT2D eigenvalue weighted by molar-refractivity contribution is -0.138. The van der Waals surface area contributed by atoms with Gasteiger partial charge in [-0.3, -0.25) is 9.59 Å². The maximum absolute atomic E-state index is 12.5. The predicted octanol–water partition coefficient (Wildman–Crippen LogP) is 1.62. The van der Waals surface area contributed by atoms with Gasteiger partial charge in [-0.1, -0.05) is 25.5 Å². The summed E-state index contributed by atoms with van der Waals surface area (Å²) in [6.45, 7) is 5.59. The van der Waals surface area contributed by atoms with E-state index in [2.05, 4.69) is 0 Å². The van der Waals surface area contributed by atoms with Crippen molar-refractivity contribution < 1.29 is 14.7 Å². The Morgan fingerprint density at radius 2 is 1.71 bits per heavy atom. The van der Waals surface area contributed by atoms with Gasteiger partial charge in [-0.25, -0.2) is 0 Å². The Morgan fingerprint density at radius 1 is 1.17 bits per heavy atom. The lowest BCUT2D eigenvalue weighted by atomic mass is 9.95. The molecule has 1 aromatic carbocycles.